The summed E-state index contributed by atoms with van der Waals surface area (Å²) in [6, 6.07) is 1.79. The van der Waals surface area contributed by atoms with Gasteiger partial charge in [-0.05, 0) is 30.7 Å². The van der Waals surface area contributed by atoms with Crippen molar-refractivity contribution in [2.75, 3.05) is 31.2 Å². The van der Waals surface area contributed by atoms with E-state index in [0.717, 1.165) is 61.3 Å². The van der Waals surface area contributed by atoms with Crippen LogP contribution in [0.1, 0.15) is 19.3 Å². The molecule has 4 heterocycles. The molecule has 2 aromatic heterocycles. The molecule has 3 N–H and O–H groups in total. The first-order chi connectivity index (χ1) is 13.1. The molecular formula is C17H20Cl2N6OS. The molecule has 0 unspecified atom stereocenters. The largest absolute Gasteiger partial charge is 0.381 e. The predicted molar refractivity (Wildman–Crippen MR) is 106 cm³/mol. The number of nitrogens with two attached hydrogens (primary N) is 1. The Balaban J connectivity index is 1.53. The molecule has 0 aromatic carbocycles. The summed E-state index contributed by atoms with van der Waals surface area (Å²) in [5.74, 6) is 6.39. The van der Waals surface area contributed by atoms with Crippen LogP contribution in [0.2, 0.25) is 10.2 Å². The summed E-state index contributed by atoms with van der Waals surface area (Å²) >= 11 is 13.6. The van der Waals surface area contributed by atoms with Crippen molar-refractivity contribution in [3.8, 4) is 0 Å². The van der Waals surface area contributed by atoms with E-state index in [0.29, 0.717) is 15.9 Å². The third-order valence-electron chi connectivity index (χ3n) is 5.24. The highest BCUT2D eigenvalue weighted by molar-refractivity contribution is 7.99. The van der Waals surface area contributed by atoms with E-state index in [1.165, 1.54) is 11.8 Å². The lowest BCUT2D eigenvalue weighted by molar-refractivity contribution is 0.133. The van der Waals surface area contributed by atoms with Crippen molar-refractivity contribution in [1.82, 2.24) is 15.0 Å². The molecule has 10 heteroatoms. The number of aromatic amines is 1. The molecule has 4 rings (SSSR count). The lowest BCUT2D eigenvalue weighted by atomic mass is 9.78. The van der Waals surface area contributed by atoms with Crippen LogP contribution < -0.4 is 16.2 Å². The Hall–Kier alpha value is -1.48. The quantitative estimate of drug-likeness (QED) is 0.445. The van der Waals surface area contributed by atoms with Gasteiger partial charge in [-0.1, -0.05) is 35.0 Å². The predicted octanol–water partition coefficient (Wildman–Crippen LogP) is 3.04. The normalized spacial score (nSPS) is 19.8. The first-order valence-corrected chi connectivity index (χ1v) is 10.3. The maximum Gasteiger partial charge on any atom is 0.204 e. The van der Waals surface area contributed by atoms with E-state index in [2.05, 4.69) is 25.0 Å². The molecule has 0 bridgehead atoms. The number of aromatic nitrogens is 3. The van der Waals surface area contributed by atoms with Gasteiger partial charge in [-0.2, -0.15) is 5.10 Å². The number of anilines is 1. The molecule has 144 valence electrons. The van der Waals surface area contributed by atoms with Crippen LogP contribution in [0, 0.1) is 5.41 Å². The fraction of sp³-hybridized carbons (Fsp3) is 0.471. The minimum absolute atomic E-state index is 0.264. The minimum Gasteiger partial charge on any atom is -0.381 e. The molecular weight excluding hydrogens is 407 g/mol. The number of piperidine rings is 1. The molecule has 2 saturated heterocycles. The lowest BCUT2D eigenvalue weighted by Gasteiger charge is -2.38. The van der Waals surface area contributed by atoms with Crippen molar-refractivity contribution in [3.63, 3.8) is 0 Å². The van der Waals surface area contributed by atoms with Gasteiger partial charge in [0.1, 0.15) is 5.15 Å². The van der Waals surface area contributed by atoms with E-state index >= 15 is 0 Å². The van der Waals surface area contributed by atoms with Gasteiger partial charge in [-0.25, -0.2) is 9.97 Å². The second-order valence-electron chi connectivity index (χ2n) is 6.85. The number of ether oxygens (including phenoxy) is 1. The van der Waals surface area contributed by atoms with Gasteiger partial charge in [0.05, 0.1) is 16.5 Å². The topological polar surface area (TPSA) is 92.4 Å². The number of hydrogen-bond donors (Lipinski definition) is 2. The molecule has 0 radical (unpaired) electrons. The SMILES string of the molecule is N/N=c1\[nH]c(N2CCC3(CCOC3)CC2)ncc1Sc1ccnc(Cl)c1Cl. The molecule has 2 aliphatic heterocycles. The molecule has 0 atom stereocenters. The first-order valence-electron chi connectivity index (χ1n) is 8.74. The molecule has 27 heavy (non-hydrogen) atoms. The average molecular weight is 427 g/mol. The molecule has 0 amide bonds. The van der Waals surface area contributed by atoms with Gasteiger partial charge < -0.3 is 20.5 Å². The van der Waals surface area contributed by atoms with Crippen molar-refractivity contribution in [1.29, 1.82) is 0 Å². The number of halogens is 2. The fourth-order valence-electron chi connectivity index (χ4n) is 3.55. The maximum atomic E-state index is 6.22. The van der Waals surface area contributed by atoms with Crippen molar-refractivity contribution in [2.45, 2.75) is 29.1 Å². The summed E-state index contributed by atoms with van der Waals surface area (Å²) in [6.45, 7) is 3.64. The average Bonchev–Trinajstić information content (AvgIpc) is 3.14. The van der Waals surface area contributed by atoms with Crippen LogP contribution in [0.15, 0.2) is 33.4 Å². The van der Waals surface area contributed by atoms with Gasteiger partial charge in [0.2, 0.25) is 5.95 Å². The summed E-state index contributed by atoms with van der Waals surface area (Å²) < 4.78 is 5.60. The smallest absolute Gasteiger partial charge is 0.204 e. The van der Waals surface area contributed by atoms with Crippen LogP contribution in [0.3, 0.4) is 0 Å². The molecule has 2 aromatic rings. The number of nitrogens with one attached hydrogen (secondary N) is 1. The zero-order valence-corrected chi connectivity index (χ0v) is 16.9. The summed E-state index contributed by atoms with van der Waals surface area (Å²) in [5, 5.41) is 4.55. The molecule has 0 saturated carbocycles. The fourth-order valence-corrected chi connectivity index (χ4v) is 4.85. The number of H-pyrrole nitrogens is 1. The number of pyridine rings is 1. The monoisotopic (exact) mass is 426 g/mol. The van der Waals surface area contributed by atoms with Crippen molar-refractivity contribution in [2.24, 2.45) is 16.4 Å². The third kappa shape index (κ3) is 3.89. The Morgan fingerprint density at radius 1 is 1.22 bits per heavy atom. The summed E-state index contributed by atoms with van der Waals surface area (Å²) in [5.41, 5.74) is 0.906. The second-order valence-corrected chi connectivity index (χ2v) is 8.67. The van der Waals surface area contributed by atoms with Crippen LogP contribution in [0.5, 0.6) is 0 Å². The van der Waals surface area contributed by atoms with Gasteiger partial charge >= 0.3 is 0 Å². The van der Waals surface area contributed by atoms with Gasteiger partial charge in [0.15, 0.2) is 5.49 Å². The third-order valence-corrected chi connectivity index (χ3v) is 7.19. The van der Waals surface area contributed by atoms with Crippen molar-refractivity contribution < 1.29 is 4.74 Å². The van der Waals surface area contributed by atoms with E-state index in [-0.39, 0.29) is 5.15 Å². The van der Waals surface area contributed by atoms with E-state index in [9.17, 15) is 0 Å². The molecule has 0 aliphatic carbocycles. The maximum absolute atomic E-state index is 6.22. The molecule has 1 spiro atoms. The van der Waals surface area contributed by atoms with Gasteiger partial charge in [0.25, 0.3) is 0 Å². The highest BCUT2D eigenvalue weighted by atomic mass is 35.5. The Morgan fingerprint density at radius 3 is 2.74 bits per heavy atom. The first kappa shape index (κ1) is 18.9. The van der Waals surface area contributed by atoms with Crippen LogP contribution >= 0.6 is 35.0 Å². The van der Waals surface area contributed by atoms with E-state index in [1.54, 1.807) is 18.5 Å². The van der Waals surface area contributed by atoms with E-state index in [1.807, 2.05) is 0 Å². The summed E-state index contributed by atoms with van der Waals surface area (Å²) in [4.78, 5) is 15.6. The van der Waals surface area contributed by atoms with Crippen LogP contribution in [-0.2, 0) is 4.74 Å². The number of hydrogen-bond acceptors (Lipinski definition) is 7. The van der Waals surface area contributed by atoms with E-state index < -0.39 is 0 Å². The number of rotatable bonds is 3. The minimum atomic E-state index is 0.264. The summed E-state index contributed by atoms with van der Waals surface area (Å²) in [7, 11) is 0. The standard InChI is InChI=1S/C17H20Cl2N6OS/c18-13-11(1-5-21-14(13)19)27-12-9-22-16(23-15(12)24-20)25-6-2-17(3-7-25)4-8-26-10-17/h1,5,9H,2-4,6-8,10,20H2,(H,22,23,24). The van der Waals surface area contributed by atoms with Gasteiger partial charge in [0, 0.05) is 37.0 Å². The van der Waals surface area contributed by atoms with Gasteiger partial charge in [-0.3, -0.25) is 0 Å². The summed E-state index contributed by atoms with van der Waals surface area (Å²) in [6.07, 6.45) is 6.75. The van der Waals surface area contributed by atoms with Crippen LogP contribution in [0.4, 0.5) is 5.95 Å². The van der Waals surface area contributed by atoms with Crippen LogP contribution in [-0.4, -0.2) is 41.3 Å². The molecule has 2 fully saturated rings. The van der Waals surface area contributed by atoms with Crippen LogP contribution in [0.25, 0.3) is 0 Å². The Bertz CT molecular complexity index is 889. The Kier molecular flexibility index (Phi) is 5.50. The second kappa shape index (κ2) is 7.87. The number of nitrogens with zero attached hydrogens (tertiary/aromatic N) is 4. The molecule has 7 nitrogen and oxygen atoms in total. The van der Waals surface area contributed by atoms with Crippen molar-refractivity contribution >= 4 is 40.9 Å². The zero-order chi connectivity index (χ0) is 18.9. The molecule has 2 aliphatic rings. The zero-order valence-electron chi connectivity index (χ0n) is 14.6. The Morgan fingerprint density at radius 2 is 2.04 bits per heavy atom. The lowest BCUT2D eigenvalue weighted by Crippen LogP contribution is -2.41. The Labute approximate surface area is 171 Å². The van der Waals surface area contributed by atoms with E-state index in [4.69, 9.17) is 33.8 Å². The van der Waals surface area contributed by atoms with Gasteiger partial charge in [-0.15, -0.1) is 0 Å². The highest BCUT2D eigenvalue weighted by Gasteiger charge is 2.38. The van der Waals surface area contributed by atoms with Crippen molar-refractivity contribution in [3.05, 3.63) is 34.1 Å². The highest BCUT2D eigenvalue weighted by Crippen LogP contribution is 2.39.